The summed E-state index contributed by atoms with van der Waals surface area (Å²) in [6.45, 7) is 3.08. The number of nitrogens with one attached hydrogen (secondary N) is 1. The molecule has 1 fully saturated rings. The monoisotopic (exact) mass is 356 g/mol. The highest BCUT2D eigenvalue weighted by Crippen LogP contribution is 2.20. The molecule has 134 valence electrons. The highest BCUT2D eigenvalue weighted by molar-refractivity contribution is 5.87. The first-order valence-corrected chi connectivity index (χ1v) is 7.75. The minimum atomic E-state index is -0.924. The smallest absolute Gasteiger partial charge is 0.314 e. The summed E-state index contributed by atoms with van der Waals surface area (Å²) in [5, 5.41) is 2.80. The molecule has 0 radical (unpaired) electrons. The van der Waals surface area contributed by atoms with E-state index < -0.39 is 11.5 Å². The second-order valence-corrected chi connectivity index (χ2v) is 5.96. The highest BCUT2D eigenvalue weighted by Gasteiger charge is 2.36. The van der Waals surface area contributed by atoms with Gasteiger partial charge in [-0.05, 0) is 25.3 Å². The van der Waals surface area contributed by atoms with Crippen LogP contribution in [0.1, 0.15) is 29.9 Å². The fourth-order valence-corrected chi connectivity index (χ4v) is 2.61. The molecule has 0 aromatic heterocycles. The van der Waals surface area contributed by atoms with Crippen LogP contribution >= 0.6 is 12.4 Å². The molecular weight excluding hydrogens is 332 g/mol. The zero-order valence-electron chi connectivity index (χ0n) is 14.0. The van der Waals surface area contributed by atoms with Crippen molar-refractivity contribution in [3.05, 3.63) is 35.4 Å². The number of aryl methyl sites for hydroxylation is 1. The fraction of sp³-hybridized carbons (Fsp3) is 0.529. The molecule has 1 aliphatic rings. The average molecular weight is 357 g/mol. The normalized spacial score (nSPS) is 17.3. The van der Waals surface area contributed by atoms with E-state index in [2.05, 4.69) is 5.32 Å². The second kappa shape index (κ2) is 9.01. The van der Waals surface area contributed by atoms with Crippen LogP contribution in [0.4, 0.5) is 0 Å². The first-order valence-electron chi connectivity index (χ1n) is 7.75. The Bertz CT molecular complexity index is 556. The van der Waals surface area contributed by atoms with Gasteiger partial charge in [0.1, 0.15) is 0 Å². The molecule has 7 heteroatoms. The molecule has 1 aliphatic heterocycles. The molecule has 0 bridgehead atoms. The first kappa shape index (κ1) is 20.4. The van der Waals surface area contributed by atoms with Crippen LogP contribution in [0.3, 0.4) is 0 Å². The van der Waals surface area contributed by atoms with Gasteiger partial charge in [-0.25, -0.2) is 0 Å². The van der Waals surface area contributed by atoms with Crippen molar-refractivity contribution in [2.24, 2.45) is 5.73 Å². The largest absolute Gasteiger partial charge is 0.468 e. The third kappa shape index (κ3) is 4.93. The summed E-state index contributed by atoms with van der Waals surface area (Å²) >= 11 is 0. The number of benzene rings is 1. The Labute approximate surface area is 148 Å². The third-order valence-corrected chi connectivity index (χ3v) is 4.27. The number of carbonyl (C=O) groups is 2. The molecule has 1 heterocycles. The predicted octanol–water partition coefficient (Wildman–Crippen LogP) is 1.30. The van der Waals surface area contributed by atoms with Crippen LogP contribution in [0.15, 0.2) is 24.3 Å². The quantitative estimate of drug-likeness (QED) is 0.776. The van der Waals surface area contributed by atoms with Crippen LogP contribution in [-0.2, 0) is 19.1 Å². The highest BCUT2D eigenvalue weighted by atomic mass is 35.5. The summed E-state index contributed by atoms with van der Waals surface area (Å²) in [4.78, 5) is 24.4. The van der Waals surface area contributed by atoms with Crippen molar-refractivity contribution in [2.45, 2.75) is 31.2 Å². The number of ether oxygens (including phenoxy) is 2. The van der Waals surface area contributed by atoms with Gasteiger partial charge in [-0.1, -0.05) is 29.8 Å². The molecule has 1 atom stereocenters. The molecule has 1 unspecified atom stereocenters. The van der Waals surface area contributed by atoms with Crippen LogP contribution in [0.5, 0.6) is 0 Å². The number of hydrogen-bond donors (Lipinski definition) is 2. The average Bonchev–Trinajstić information content (AvgIpc) is 2.56. The van der Waals surface area contributed by atoms with Gasteiger partial charge in [0, 0.05) is 19.8 Å². The number of carbonyl (C=O) groups excluding carboxylic acids is 2. The van der Waals surface area contributed by atoms with Crippen LogP contribution in [-0.4, -0.2) is 44.3 Å². The van der Waals surface area contributed by atoms with Gasteiger partial charge in [0.05, 0.1) is 18.6 Å². The molecule has 1 saturated heterocycles. The molecule has 2 rings (SSSR count). The molecule has 6 nitrogen and oxygen atoms in total. The molecule has 0 saturated carbocycles. The first-order chi connectivity index (χ1) is 11.0. The number of esters is 1. The topological polar surface area (TPSA) is 90.7 Å². The zero-order chi connectivity index (χ0) is 16.9. The molecule has 1 aromatic rings. The molecule has 3 N–H and O–H groups in total. The van der Waals surface area contributed by atoms with Gasteiger partial charge in [-0.3, -0.25) is 9.59 Å². The van der Waals surface area contributed by atoms with Gasteiger partial charge >= 0.3 is 5.97 Å². The lowest BCUT2D eigenvalue weighted by molar-refractivity contribution is -0.142. The number of rotatable bonds is 5. The lowest BCUT2D eigenvalue weighted by Gasteiger charge is -2.32. The van der Waals surface area contributed by atoms with Gasteiger partial charge in [0.2, 0.25) is 5.91 Å². The maximum absolute atomic E-state index is 12.4. The van der Waals surface area contributed by atoms with E-state index in [9.17, 15) is 9.59 Å². The van der Waals surface area contributed by atoms with E-state index in [0.29, 0.717) is 26.1 Å². The van der Waals surface area contributed by atoms with Crippen LogP contribution in [0, 0.1) is 6.92 Å². The zero-order valence-corrected chi connectivity index (χ0v) is 14.9. The van der Waals surface area contributed by atoms with Crippen molar-refractivity contribution >= 4 is 24.3 Å². The van der Waals surface area contributed by atoms with Crippen molar-refractivity contribution < 1.29 is 19.1 Å². The van der Waals surface area contributed by atoms with Gasteiger partial charge in [0.15, 0.2) is 0 Å². The number of hydrogen-bond acceptors (Lipinski definition) is 5. The summed E-state index contributed by atoms with van der Waals surface area (Å²) in [5.74, 6) is -1.18. The van der Waals surface area contributed by atoms with E-state index in [4.69, 9.17) is 15.2 Å². The molecule has 0 aliphatic carbocycles. The fourth-order valence-electron chi connectivity index (χ4n) is 2.61. The van der Waals surface area contributed by atoms with Crippen molar-refractivity contribution in [2.75, 3.05) is 26.9 Å². The predicted molar refractivity (Wildman–Crippen MR) is 93.2 cm³/mol. The Morgan fingerprint density at radius 1 is 1.29 bits per heavy atom. The van der Waals surface area contributed by atoms with Gasteiger partial charge in [0.25, 0.3) is 0 Å². The van der Waals surface area contributed by atoms with E-state index in [0.717, 1.165) is 11.1 Å². The summed E-state index contributed by atoms with van der Waals surface area (Å²) < 4.78 is 10.1. The van der Waals surface area contributed by atoms with E-state index in [1.165, 1.54) is 7.11 Å². The molecule has 1 aromatic carbocycles. The SMILES string of the molecule is COC(=O)C(CNC(=O)C1(N)CCOCC1)c1ccc(C)cc1.Cl. The van der Waals surface area contributed by atoms with E-state index >= 15 is 0 Å². The second-order valence-electron chi connectivity index (χ2n) is 5.96. The maximum atomic E-state index is 12.4. The maximum Gasteiger partial charge on any atom is 0.314 e. The Balaban J connectivity index is 0.00000288. The third-order valence-electron chi connectivity index (χ3n) is 4.27. The minimum absolute atomic E-state index is 0. The number of methoxy groups -OCH3 is 1. The van der Waals surface area contributed by atoms with Crippen LogP contribution in [0.2, 0.25) is 0 Å². The summed E-state index contributed by atoms with van der Waals surface area (Å²) in [6, 6.07) is 7.59. The van der Waals surface area contributed by atoms with E-state index in [1.54, 1.807) is 0 Å². The number of amides is 1. The van der Waals surface area contributed by atoms with Gasteiger partial charge in [-0.2, -0.15) is 0 Å². The van der Waals surface area contributed by atoms with Crippen molar-refractivity contribution in [3.63, 3.8) is 0 Å². The van der Waals surface area contributed by atoms with Crippen LogP contribution in [0.25, 0.3) is 0 Å². The number of halogens is 1. The summed E-state index contributed by atoms with van der Waals surface area (Å²) in [6.07, 6.45) is 0.957. The molecule has 24 heavy (non-hydrogen) atoms. The Morgan fingerprint density at radius 2 is 1.88 bits per heavy atom. The van der Waals surface area contributed by atoms with Crippen molar-refractivity contribution in [1.29, 1.82) is 0 Å². The summed E-state index contributed by atoms with van der Waals surface area (Å²) in [5.41, 5.74) is 7.13. The van der Waals surface area contributed by atoms with Gasteiger partial charge in [-0.15, -0.1) is 12.4 Å². The minimum Gasteiger partial charge on any atom is -0.468 e. The number of nitrogens with two attached hydrogens (primary N) is 1. The van der Waals surface area contributed by atoms with Crippen molar-refractivity contribution in [1.82, 2.24) is 5.32 Å². The Kier molecular flexibility index (Phi) is 7.66. The van der Waals surface area contributed by atoms with E-state index in [-0.39, 0.29) is 30.8 Å². The van der Waals surface area contributed by atoms with Gasteiger partial charge < -0.3 is 20.5 Å². The van der Waals surface area contributed by atoms with Crippen molar-refractivity contribution in [3.8, 4) is 0 Å². The van der Waals surface area contributed by atoms with Crippen LogP contribution < -0.4 is 11.1 Å². The Morgan fingerprint density at radius 3 is 2.42 bits per heavy atom. The lowest BCUT2D eigenvalue weighted by Crippen LogP contribution is -2.57. The molecular formula is C17H25ClN2O4. The van der Waals surface area contributed by atoms with E-state index in [1.807, 2.05) is 31.2 Å². The Hall–Kier alpha value is -1.63. The summed E-state index contributed by atoms with van der Waals surface area (Å²) in [7, 11) is 1.34. The lowest BCUT2D eigenvalue weighted by atomic mass is 9.90. The standard InChI is InChI=1S/C17H24N2O4.ClH/c1-12-3-5-13(6-4-12)14(15(20)22-2)11-19-16(21)17(18)7-9-23-10-8-17;/h3-6,14H,7-11,18H2,1-2H3,(H,19,21);1H. The molecule has 1 amide bonds. The molecule has 0 spiro atoms.